The molecule has 1 fully saturated rings. The number of carbonyl (C=O) groups excluding carboxylic acids is 1. The number of anilines is 1. The van der Waals surface area contributed by atoms with Crippen molar-refractivity contribution in [2.75, 3.05) is 18.4 Å². The van der Waals surface area contributed by atoms with Crippen LogP contribution in [0.2, 0.25) is 0 Å². The molecule has 2 N–H and O–H groups in total. The first-order valence-corrected chi connectivity index (χ1v) is 8.37. The molecule has 1 aliphatic heterocycles. The highest BCUT2D eigenvalue weighted by atomic mass is 32.1. The molecule has 6 heteroatoms. The minimum absolute atomic E-state index is 0.0348. The van der Waals surface area contributed by atoms with Crippen molar-refractivity contribution in [1.29, 1.82) is 0 Å². The molecule has 0 aromatic carbocycles. The van der Waals surface area contributed by atoms with Crippen LogP contribution in [0, 0.1) is 18.8 Å². The van der Waals surface area contributed by atoms with Crippen molar-refractivity contribution in [3.63, 3.8) is 0 Å². The third-order valence-electron chi connectivity index (χ3n) is 3.66. The molecule has 2 aromatic rings. The maximum Gasteiger partial charge on any atom is 0.229 e. The van der Waals surface area contributed by atoms with Crippen LogP contribution in [0.3, 0.4) is 0 Å². The zero-order valence-electron chi connectivity index (χ0n) is 11.5. The van der Waals surface area contributed by atoms with Gasteiger partial charge in [0, 0.05) is 16.2 Å². The van der Waals surface area contributed by atoms with Gasteiger partial charge in [-0.25, -0.2) is 4.98 Å². The second-order valence-corrected chi connectivity index (χ2v) is 7.29. The van der Waals surface area contributed by atoms with E-state index in [0.29, 0.717) is 11.0 Å². The summed E-state index contributed by atoms with van der Waals surface area (Å²) < 4.78 is 0. The summed E-state index contributed by atoms with van der Waals surface area (Å²) in [6.45, 7) is 5.94. The van der Waals surface area contributed by atoms with E-state index >= 15 is 0 Å². The molecule has 1 unspecified atom stereocenters. The van der Waals surface area contributed by atoms with E-state index in [0.717, 1.165) is 23.7 Å². The van der Waals surface area contributed by atoms with Crippen LogP contribution >= 0.6 is 22.7 Å². The van der Waals surface area contributed by atoms with Gasteiger partial charge in [0.15, 0.2) is 5.13 Å². The molecule has 3 heterocycles. The second kappa shape index (κ2) is 5.63. The monoisotopic (exact) mass is 307 g/mol. The summed E-state index contributed by atoms with van der Waals surface area (Å²) in [5.41, 5.74) is 0.946. The molecule has 1 amide bonds. The Morgan fingerprint density at radius 1 is 1.50 bits per heavy atom. The maximum atomic E-state index is 12.1. The number of rotatable bonds is 4. The number of thiazole rings is 1. The Balaban J connectivity index is 1.66. The smallest absolute Gasteiger partial charge is 0.229 e. The lowest BCUT2D eigenvalue weighted by Gasteiger charge is -2.31. The Hall–Kier alpha value is -1.24. The van der Waals surface area contributed by atoms with Gasteiger partial charge in [0.1, 0.15) is 0 Å². The molecule has 20 heavy (non-hydrogen) atoms. The molecule has 1 aliphatic rings. The highest BCUT2D eigenvalue weighted by Gasteiger charge is 2.29. The molecular formula is C14H17N3OS2. The van der Waals surface area contributed by atoms with Crippen molar-refractivity contribution in [3.8, 4) is 10.6 Å². The van der Waals surface area contributed by atoms with Crippen molar-refractivity contribution >= 4 is 33.7 Å². The first-order chi connectivity index (χ1) is 9.63. The number of nitrogens with zero attached hydrogens (tertiary/aromatic N) is 1. The summed E-state index contributed by atoms with van der Waals surface area (Å²) in [4.78, 5) is 19.0. The second-order valence-electron chi connectivity index (χ2n) is 5.14. The summed E-state index contributed by atoms with van der Waals surface area (Å²) in [5, 5.41) is 8.82. The fourth-order valence-electron chi connectivity index (χ4n) is 2.11. The molecule has 0 aliphatic carbocycles. The average Bonchev–Trinajstić information content (AvgIpc) is 2.95. The van der Waals surface area contributed by atoms with E-state index in [-0.39, 0.29) is 11.8 Å². The molecule has 106 valence electrons. The van der Waals surface area contributed by atoms with Gasteiger partial charge in [0.2, 0.25) is 5.91 Å². The van der Waals surface area contributed by atoms with E-state index in [1.165, 1.54) is 16.2 Å². The molecule has 1 atom stereocenters. The Bertz CT molecular complexity index is 615. The molecular weight excluding hydrogens is 290 g/mol. The van der Waals surface area contributed by atoms with E-state index in [9.17, 15) is 4.79 Å². The fourth-order valence-corrected chi connectivity index (χ4v) is 3.73. The molecule has 0 saturated carbocycles. The largest absolute Gasteiger partial charge is 0.316 e. The molecule has 2 aromatic heterocycles. The number of carbonyl (C=O) groups is 1. The Morgan fingerprint density at radius 2 is 2.30 bits per heavy atom. The van der Waals surface area contributed by atoms with Gasteiger partial charge in [-0.15, -0.1) is 22.7 Å². The van der Waals surface area contributed by atoms with Gasteiger partial charge in [-0.05, 0) is 38.1 Å². The first-order valence-electron chi connectivity index (χ1n) is 6.67. The van der Waals surface area contributed by atoms with Crippen molar-refractivity contribution in [2.45, 2.75) is 13.8 Å². The van der Waals surface area contributed by atoms with E-state index in [1.807, 2.05) is 12.3 Å². The van der Waals surface area contributed by atoms with Crippen molar-refractivity contribution < 1.29 is 4.79 Å². The summed E-state index contributed by atoms with van der Waals surface area (Å²) in [5.74, 6) is 0.557. The van der Waals surface area contributed by atoms with Gasteiger partial charge < -0.3 is 10.6 Å². The predicted molar refractivity (Wildman–Crippen MR) is 84.3 cm³/mol. The van der Waals surface area contributed by atoms with Crippen LogP contribution in [0.1, 0.15) is 11.8 Å². The van der Waals surface area contributed by atoms with Gasteiger partial charge in [-0.3, -0.25) is 4.79 Å². The van der Waals surface area contributed by atoms with Gasteiger partial charge in [-0.1, -0.05) is 6.92 Å². The van der Waals surface area contributed by atoms with E-state index in [1.54, 1.807) is 11.3 Å². The Kier molecular flexibility index (Phi) is 3.87. The highest BCUT2D eigenvalue weighted by molar-refractivity contribution is 7.17. The minimum atomic E-state index is 0.0348. The first kappa shape index (κ1) is 13.7. The van der Waals surface area contributed by atoms with E-state index in [2.05, 4.69) is 34.7 Å². The SMILES string of the molecule is Cc1ccc(-c2csc(NC(=O)C(C)C3CNC3)n2)s1. The predicted octanol–water partition coefficient (Wildman–Crippen LogP) is 2.97. The molecule has 0 radical (unpaired) electrons. The zero-order chi connectivity index (χ0) is 14.1. The Labute approximate surface area is 126 Å². The normalized spacial score (nSPS) is 16.7. The van der Waals surface area contributed by atoms with Gasteiger partial charge in [-0.2, -0.15) is 0 Å². The van der Waals surface area contributed by atoms with Crippen LogP contribution in [-0.4, -0.2) is 24.0 Å². The lowest BCUT2D eigenvalue weighted by molar-refractivity contribution is -0.121. The summed E-state index contributed by atoms with van der Waals surface area (Å²) in [6.07, 6.45) is 0. The lowest BCUT2D eigenvalue weighted by atomic mass is 9.88. The minimum Gasteiger partial charge on any atom is -0.316 e. The number of amides is 1. The Morgan fingerprint density at radius 3 is 2.90 bits per heavy atom. The third-order valence-corrected chi connectivity index (χ3v) is 5.44. The van der Waals surface area contributed by atoms with Gasteiger partial charge >= 0.3 is 0 Å². The van der Waals surface area contributed by atoms with Crippen molar-refractivity contribution in [2.24, 2.45) is 11.8 Å². The molecule has 4 nitrogen and oxygen atoms in total. The van der Waals surface area contributed by atoms with Crippen molar-refractivity contribution in [1.82, 2.24) is 10.3 Å². The number of aryl methyl sites for hydroxylation is 1. The number of nitrogens with one attached hydrogen (secondary N) is 2. The number of thiophene rings is 1. The van der Waals surface area contributed by atoms with E-state index in [4.69, 9.17) is 0 Å². The number of hydrogen-bond donors (Lipinski definition) is 2. The molecule has 0 spiro atoms. The number of hydrogen-bond acceptors (Lipinski definition) is 5. The topological polar surface area (TPSA) is 54.0 Å². The summed E-state index contributed by atoms with van der Waals surface area (Å²) >= 11 is 3.20. The fraction of sp³-hybridized carbons (Fsp3) is 0.429. The highest BCUT2D eigenvalue weighted by Crippen LogP contribution is 2.30. The molecule has 1 saturated heterocycles. The van der Waals surface area contributed by atoms with Crippen LogP contribution in [0.15, 0.2) is 17.5 Å². The molecule has 0 bridgehead atoms. The standard InChI is InChI=1S/C14H17N3OS2/c1-8-3-4-12(20-8)11-7-19-14(16-11)17-13(18)9(2)10-5-15-6-10/h3-4,7,9-10,15H,5-6H2,1-2H3,(H,16,17,18). The summed E-state index contributed by atoms with van der Waals surface area (Å²) in [6, 6.07) is 4.16. The van der Waals surface area contributed by atoms with Crippen LogP contribution < -0.4 is 10.6 Å². The van der Waals surface area contributed by atoms with Crippen LogP contribution in [0.5, 0.6) is 0 Å². The van der Waals surface area contributed by atoms with Gasteiger partial charge in [0.05, 0.1) is 10.6 Å². The molecule has 3 rings (SSSR count). The summed E-state index contributed by atoms with van der Waals surface area (Å²) in [7, 11) is 0. The maximum absolute atomic E-state index is 12.1. The lowest BCUT2D eigenvalue weighted by Crippen LogP contribution is -2.48. The van der Waals surface area contributed by atoms with Gasteiger partial charge in [0.25, 0.3) is 0 Å². The third kappa shape index (κ3) is 2.77. The van der Waals surface area contributed by atoms with Crippen LogP contribution in [0.25, 0.3) is 10.6 Å². The average molecular weight is 307 g/mol. The number of aromatic nitrogens is 1. The van der Waals surface area contributed by atoms with Crippen LogP contribution in [-0.2, 0) is 4.79 Å². The van der Waals surface area contributed by atoms with Crippen molar-refractivity contribution in [3.05, 3.63) is 22.4 Å². The van der Waals surface area contributed by atoms with E-state index < -0.39 is 0 Å². The quantitative estimate of drug-likeness (QED) is 0.913. The van der Waals surface area contributed by atoms with Crippen LogP contribution in [0.4, 0.5) is 5.13 Å². The zero-order valence-corrected chi connectivity index (χ0v) is 13.1.